The van der Waals surface area contributed by atoms with Crippen LogP contribution < -0.4 is 5.32 Å². The number of ether oxygens (including phenoxy) is 2. The van der Waals surface area contributed by atoms with Gasteiger partial charge in [0.1, 0.15) is 0 Å². The van der Waals surface area contributed by atoms with Crippen molar-refractivity contribution in [3.05, 3.63) is 0 Å². The molecule has 1 atom stereocenters. The van der Waals surface area contributed by atoms with E-state index in [1.807, 2.05) is 7.05 Å². The molecule has 0 aromatic rings. The summed E-state index contributed by atoms with van der Waals surface area (Å²) in [5, 5.41) is 3.42. The van der Waals surface area contributed by atoms with Gasteiger partial charge < -0.3 is 14.8 Å². The van der Waals surface area contributed by atoms with Crippen molar-refractivity contribution < 1.29 is 9.47 Å². The van der Waals surface area contributed by atoms with Gasteiger partial charge in [0.05, 0.1) is 5.60 Å². The van der Waals surface area contributed by atoms with E-state index in [4.69, 9.17) is 9.47 Å². The maximum Gasteiger partial charge on any atom is 0.0878 e. The molecule has 0 spiro atoms. The third-order valence-corrected chi connectivity index (χ3v) is 3.33. The van der Waals surface area contributed by atoms with Crippen molar-refractivity contribution in [2.24, 2.45) is 0 Å². The van der Waals surface area contributed by atoms with E-state index in [-0.39, 0.29) is 5.60 Å². The lowest BCUT2D eigenvalue weighted by atomic mass is 9.83. The first kappa shape index (κ1) is 12.9. The van der Waals surface area contributed by atoms with E-state index in [0.717, 1.165) is 32.7 Å². The molecule has 0 saturated carbocycles. The average Bonchev–Trinajstić information content (AvgIpc) is 2.27. The summed E-state index contributed by atoms with van der Waals surface area (Å²) in [6.45, 7) is 6.77. The zero-order valence-electron chi connectivity index (χ0n) is 10.3. The van der Waals surface area contributed by atoms with Crippen molar-refractivity contribution in [1.29, 1.82) is 0 Å². The Bertz CT molecular complexity index is 161. The first-order chi connectivity index (χ1) is 7.29. The molecule has 0 radical (unpaired) electrons. The van der Waals surface area contributed by atoms with Crippen molar-refractivity contribution in [3.63, 3.8) is 0 Å². The summed E-state index contributed by atoms with van der Waals surface area (Å²) in [5.74, 6) is 0. The predicted octanol–water partition coefficient (Wildman–Crippen LogP) is 1.96. The molecule has 0 aromatic heterocycles. The SMILES string of the molecule is CCCC(NC)C1(OCC)CCOCC1. The summed E-state index contributed by atoms with van der Waals surface area (Å²) in [4.78, 5) is 0. The van der Waals surface area contributed by atoms with Crippen molar-refractivity contribution >= 4 is 0 Å². The Morgan fingerprint density at radius 1 is 1.33 bits per heavy atom. The molecule has 3 nitrogen and oxygen atoms in total. The molecule has 1 unspecified atom stereocenters. The Morgan fingerprint density at radius 2 is 2.00 bits per heavy atom. The van der Waals surface area contributed by atoms with Gasteiger partial charge in [-0.05, 0) is 20.4 Å². The number of likely N-dealkylation sites (N-methyl/N-ethyl adjacent to an activating group) is 1. The molecule has 0 aromatic carbocycles. The Kier molecular flexibility index (Phi) is 5.58. The molecule has 3 heteroatoms. The number of hydrogen-bond donors (Lipinski definition) is 1. The van der Waals surface area contributed by atoms with Gasteiger partial charge in [-0.2, -0.15) is 0 Å². The Balaban J connectivity index is 2.67. The molecule has 0 aliphatic carbocycles. The lowest BCUT2D eigenvalue weighted by molar-refractivity contribution is -0.126. The quantitative estimate of drug-likeness (QED) is 0.734. The van der Waals surface area contributed by atoms with Crippen molar-refractivity contribution in [3.8, 4) is 0 Å². The molecule has 0 amide bonds. The fraction of sp³-hybridized carbons (Fsp3) is 1.00. The van der Waals surface area contributed by atoms with Gasteiger partial charge in [0.15, 0.2) is 0 Å². The molecule has 1 saturated heterocycles. The van der Waals surface area contributed by atoms with Gasteiger partial charge in [0, 0.05) is 38.7 Å². The van der Waals surface area contributed by atoms with Crippen LogP contribution in [0, 0.1) is 0 Å². The number of hydrogen-bond acceptors (Lipinski definition) is 3. The fourth-order valence-corrected chi connectivity index (χ4v) is 2.56. The average molecular weight is 215 g/mol. The highest BCUT2D eigenvalue weighted by molar-refractivity contribution is 4.94. The van der Waals surface area contributed by atoms with Crippen molar-refractivity contribution in [2.75, 3.05) is 26.9 Å². The van der Waals surface area contributed by atoms with Crippen LogP contribution in [-0.2, 0) is 9.47 Å². The van der Waals surface area contributed by atoms with Gasteiger partial charge in [-0.1, -0.05) is 13.3 Å². The van der Waals surface area contributed by atoms with E-state index in [0.29, 0.717) is 6.04 Å². The molecule has 1 fully saturated rings. The maximum absolute atomic E-state index is 6.03. The second-order valence-corrected chi connectivity index (χ2v) is 4.24. The molecule has 1 N–H and O–H groups in total. The van der Waals surface area contributed by atoms with Crippen LogP contribution >= 0.6 is 0 Å². The van der Waals surface area contributed by atoms with Gasteiger partial charge in [-0.25, -0.2) is 0 Å². The first-order valence-electron chi connectivity index (χ1n) is 6.18. The topological polar surface area (TPSA) is 30.5 Å². The van der Waals surface area contributed by atoms with Crippen LogP contribution in [0.25, 0.3) is 0 Å². The van der Waals surface area contributed by atoms with Gasteiger partial charge in [0.25, 0.3) is 0 Å². The van der Waals surface area contributed by atoms with Crippen LogP contribution in [-0.4, -0.2) is 38.5 Å². The molecular formula is C12H25NO2. The summed E-state index contributed by atoms with van der Waals surface area (Å²) in [6.07, 6.45) is 4.41. The van der Waals surface area contributed by atoms with E-state index in [2.05, 4.69) is 19.2 Å². The van der Waals surface area contributed by atoms with Crippen molar-refractivity contribution in [2.45, 2.75) is 51.2 Å². The van der Waals surface area contributed by atoms with E-state index >= 15 is 0 Å². The van der Waals surface area contributed by atoms with Gasteiger partial charge in [-0.15, -0.1) is 0 Å². The maximum atomic E-state index is 6.03. The van der Waals surface area contributed by atoms with Crippen LogP contribution in [0.1, 0.15) is 39.5 Å². The van der Waals surface area contributed by atoms with Gasteiger partial charge in [0.2, 0.25) is 0 Å². The Morgan fingerprint density at radius 3 is 2.47 bits per heavy atom. The lowest BCUT2D eigenvalue weighted by Crippen LogP contribution is -2.54. The molecule has 90 valence electrons. The van der Waals surface area contributed by atoms with E-state index in [1.54, 1.807) is 0 Å². The van der Waals surface area contributed by atoms with E-state index in [1.165, 1.54) is 12.8 Å². The second-order valence-electron chi connectivity index (χ2n) is 4.24. The lowest BCUT2D eigenvalue weighted by Gasteiger charge is -2.43. The second kappa shape index (κ2) is 6.46. The van der Waals surface area contributed by atoms with Crippen LogP contribution in [0.5, 0.6) is 0 Å². The molecular weight excluding hydrogens is 190 g/mol. The minimum atomic E-state index is 0.0117. The number of rotatable bonds is 6. The third kappa shape index (κ3) is 3.16. The molecule has 15 heavy (non-hydrogen) atoms. The Labute approximate surface area is 93.5 Å². The van der Waals surface area contributed by atoms with E-state index in [9.17, 15) is 0 Å². The predicted molar refractivity (Wildman–Crippen MR) is 62.2 cm³/mol. The van der Waals surface area contributed by atoms with Crippen LogP contribution in [0.2, 0.25) is 0 Å². The summed E-state index contributed by atoms with van der Waals surface area (Å²) in [6, 6.07) is 0.464. The fourth-order valence-electron chi connectivity index (χ4n) is 2.56. The standard InChI is InChI=1S/C12H25NO2/c1-4-6-11(13-3)12(15-5-2)7-9-14-10-8-12/h11,13H,4-10H2,1-3H3. The minimum Gasteiger partial charge on any atom is -0.381 e. The van der Waals surface area contributed by atoms with Crippen LogP contribution in [0.3, 0.4) is 0 Å². The molecule has 1 heterocycles. The third-order valence-electron chi connectivity index (χ3n) is 3.33. The minimum absolute atomic E-state index is 0.0117. The van der Waals surface area contributed by atoms with Crippen LogP contribution in [0.4, 0.5) is 0 Å². The summed E-state index contributed by atoms with van der Waals surface area (Å²) in [7, 11) is 2.04. The van der Waals surface area contributed by atoms with E-state index < -0.39 is 0 Å². The monoisotopic (exact) mass is 215 g/mol. The highest BCUT2D eigenvalue weighted by Gasteiger charge is 2.39. The smallest absolute Gasteiger partial charge is 0.0878 e. The Hall–Kier alpha value is -0.120. The summed E-state index contributed by atoms with van der Waals surface area (Å²) >= 11 is 0. The normalized spacial score (nSPS) is 22.6. The molecule has 0 bridgehead atoms. The van der Waals surface area contributed by atoms with Crippen molar-refractivity contribution in [1.82, 2.24) is 5.32 Å². The molecule has 1 rings (SSSR count). The highest BCUT2D eigenvalue weighted by Crippen LogP contribution is 2.30. The molecule has 1 aliphatic rings. The zero-order chi connectivity index (χ0) is 11.1. The largest absolute Gasteiger partial charge is 0.381 e. The first-order valence-corrected chi connectivity index (χ1v) is 6.18. The number of nitrogens with one attached hydrogen (secondary N) is 1. The highest BCUT2D eigenvalue weighted by atomic mass is 16.5. The molecule has 1 aliphatic heterocycles. The van der Waals surface area contributed by atoms with Gasteiger partial charge >= 0.3 is 0 Å². The summed E-state index contributed by atoms with van der Waals surface area (Å²) < 4.78 is 11.5. The van der Waals surface area contributed by atoms with Crippen LogP contribution in [0.15, 0.2) is 0 Å². The summed E-state index contributed by atoms with van der Waals surface area (Å²) in [5.41, 5.74) is 0.0117. The zero-order valence-corrected chi connectivity index (χ0v) is 10.3. The van der Waals surface area contributed by atoms with Gasteiger partial charge in [-0.3, -0.25) is 0 Å².